The molecule has 8 nitrogen and oxygen atoms in total. The number of nitrogens with zero attached hydrogens (tertiary/aromatic N) is 4. The number of aromatic nitrogens is 4. The fourth-order valence-electron chi connectivity index (χ4n) is 2.94. The molecule has 0 bridgehead atoms. The maximum absolute atomic E-state index is 12.5. The van der Waals surface area contributed by atoms with Crippen LogP contribution < -0.4 is 20.7 Å². The first-order valence-electron chi connectivity index (χ1n) is 7.67. The molecule has 0 N–H and O–H groups in total. The number of halogens is 1. The summed E-state index contributed by atoms with van der Waals surface area (Å²) in [7, 11) is 2.97. The van der Waals surface area contributed by atoms with E-state index in [9.17, 15) is 9.59 Å². The molecule has 2 aromatic heterocycles. The van der Waals surface area contributed by atoms with Gasteiger partial charge in [-0.1, -0.05) is 12.1 Å². The molecule has 0 fully saturated rings. The molecule has 0 amide bonds. The summed E-state index contributed by atoms with van der Waals surface area (Å²) < 4.78 is 15.5. The Morgan fingerprint density at radius 2 is 1.92 bits per heavy atom. The third-order valence-electron chi connectivity index (χ3n) is 4.26. The molecule has 0 saturated heterocycles. The maximum atomic E-state index is 12.5. The summed E-state index contributed by atoms with van der Waals surface area (Å²) in [4.78, 5) is 28.7. The van der Waals surface area contributed by atoms with Gasteiger partial charge in [-0.2, -0.15) is 4.98 Å². The molecular weight excluding hydrogens is 348 g/mol. The van der Waals surface area contributed by atoms with E-state index in [1.54, 1.807) is 11.6 Å². The third kappa shape index (κ3) is 2.41. The first-order valence-corrected chi connectivity index (χ1v) is 8.05. The molecule has 1 aliphatic heterocycles. The van der Waals surface area contributed by atoms with Gasteiger partial charge in [0.05, 0.1) is 6.54 Å². The van der Waals surface area contributed by atoms with Crippen LogP contribution in [0, 0.1) is 0 Å². The highest BCUT2D eigenvalue weighted by atomic mass is 35.5. The van der Waals surface area contributed by atoms with Crippen molar-refractivity contribution in [1.82, 2.24) is 18.7 Å². The van der Waals surface area contributed by atoms with Gasteiger partial charge in [-0.3, -0.25) is 13.9 Å². The number of imidazole rings is 1. The molecule has 1 aliphatic rings. The molecule has 0 saturated carbocycles. The molecule has 0 aliphatic carbocycles. The molecule has 1 aromatic carbocycles. The Balaban J connectivity index is 1.77. The van der Waals surface area contributed by atoms with Crippen LogP contribution >= 0.6 is 11.6 Å². The summed E-state index contributed by atoms with van der Waals surface area (Å²) >= 11 is 6.23. The van der Waals surface area contributed by atoms with Gasteiger partial charge in [0.1, 0.15) is 6.61 Å². The van der Waals surface area contributed by atoms with Crippen molar-refractivity contribution in [2.45, 2.75) is 12.6 Å². The van der Waals surface area contributed by atoms with E-state index in [1.165, 1.54) is 11.6 Å². The predicted octanol–water partition coefficient (Wildman–Crippen LogP) is 0.927. The molecule has 3 heterocycles. The van der Waals surface area contributed by atoms with Crippen molar-refractivity contribution in [3.05, 3.63) is 50.4 Å². The molecule has 130 valence electrons. The Labute approximate surface area is 146 Å². The van der Waals surface area contributed by atoms with E-state index in [2.05, 4.69) is 4.98 Å². The summed E-state index contributed by atoms with van der Waals surface area (Å²) in [5.74, 6) is 1.32. The van der Waals surface area contributed by atoms with Crippen molar-refractivity contribution in [1.29, 1.82) is 0 Å². The van der Waals surface area contributed by atoms with E-state index in [0.29, 0.717) is 18.1 Å². The highest BCUT2D eigenvalue weighted by molar-refractivity contribution is 6.29. The van der Waals surface area contributed by atoms with E-state index < -0.39 is 11.2 Å². The Bertz CT molecular complexity index is 1100. The van der Waals surface area contributed by atoms with Gasteiger partial charge in [-0.15, -0.1) is 0 Å². The summed E-state index contributed by atoms with van der Waals surface area (Å²) in [6.45, 7) is 0.593. The topological polar surface area (TPSA) is 80.3 Å². The highest BCUT2D eigenvalue weighted by Crippen LogP contribution is 2.31. The van der Waals surface area contributed by atoms with Crippen molar-refractivity contribution in [3.8, 4) is 11.5 Å². The van der Waals surface area contributed by atoms with Crippen molar-refractivity contribution in [3.63, 3.8) is 0 Å². The second-order valence-electron chi connectivity index (χ2n) is 5.87. The number of aryl methyl sites for hydroxylation is 1. The Hall–Kier alpha value is -2.74. The monoisotopic (exact) mass is 362 g/mol. The SMILES string of the molecule is Cn1c(=O)c2c(nc(Cl)n2C[C@H]2COc3ccccc3O2)n(C)c1=O. The largest absolute Gasteiger partial charge is 0.486 e. The molecule has 9 heteroatoms. The van der Waals surface area contributed by atoms with Crippen LogP contribution in [0.1, 0.15) is 0 Å². The summed E-state index contributed by atoms with van der Waals surface area (Å²) in [5.41, 5.74) is -0.396. The van der Waals surface area contributed by atoms with Gasteiger partial charge < -0.3 is 14.0 Å². The smallest absolute Gasteiger partial charge is 0.332 e. The van der Waals surface area contributed by atoms with E-state index in [-0.39, 0.29) is 29.1 Å². The highest BCUT2D eigenvalue weighted by Gasteiger charge is 2.25. The first-order chi connectivity index (χ1) is 12.0. The number of fused-ring (bicyclic) bond motifs is 2. The van der Waals surface area contributed by atoms with Gasteiger partial charge >= 0.3 is 5.69 Å². The first kappa shape index (κ1) is 15.8. The van der Waals surface area contributed by atoms with Gasteiger partial charge in [0.15, 0.2) is 28.8 Å². The molecule has 3 aromatic rings. The number of benzene rings is 1. The minimum atomic E-state index is -0.454. The molecule has 0 spiro atoms. The zero-order valence-electron chi connectivity index (χ0n) is 13.6. The quantitative estimate of drug-likeness (QED) is 0.633. The van der Waals surface area contributed by atoms with Crippen LogP contribution in [0.5, 0.6) is 11.5 Å². The molecular formula is C16H15ClN4O4. The fraction of sp³-hybridized carbons (Fsp3) is 0.312. The van der Waals surface area contributed by atoms with E-state index in [4.69, 9.17) is 21.1 Å². The third-order valence-corrected chi connectivity index (χ3v) is 4.54. The Morgan fingerprint density at radius 1 is 1.20 bits per heavy atom. The number of rotatable bonds is 2. The Morgan fingerprint density at radius 3 is 2.68 bits per heavy atom. The van der Waals surface area contributed by atoms with E-state index >= 15 is 0 Å². The molecule has 0 radical (unpaired) electrons. The van der Waals surface area contributed by atoms with E-state index in [1.807, 2.05) is 24.3 Å². The Kier molecular flexibility index (Phi) is 3.57. The van der Waals surface area contributed by atoms with Crippen LogP contribution in [0.4, 0.5) is 0 Å². The van der Waals surface area contributed by atoms with Gasteiger partial charge in [-0.25, -0.2) is 4.79 Å². The number of para-hydroxylation sites is 2. The van der Waals surface area contributed by atoms with Crippen LogP contribution in [0.3, 0.4) is 0 Å². The molecule has 1 atom stereocenters. The zero-order chi connectivity index (χ0) is 17.7. The number of ether oxygens (including phenoxy) is 2. The van der Waals surface area contributed by atoms with Crippen molar-refractivity contribution in [2.24, 2.45) is 14.1 Å². The normalized spacial score (nSPS) is 16.4. The lowest BCUT2D eigenvalue weighted by molar-refractivity contribution is 0.0793. The lowest BCUT2D eigenvalue weighted by atomic mass is 10.2. The molecule has 4 rings (SSSR count). The lowest BCUT2D eigenvalue weighted by Crippen LogP contribution is -2.38. The van der Waals surface area contributed by atoms with Crippen LogP contribution in [0.2, 0.25) is 5.28 Å². The average molecular weight is 363 g/mol. The van der Waals surface area contributed by atoms with Crippen molar-refractivity contribution >= 4 is 22.8 Å². The average Bonchev–Trinajstić information content (AvgIpc) is 2.95. The van der Waals surface area contributed by atoms with Gasteiger partial charge in [0, 0.05) is 14.1 Å². The fourth-order valence-corrected chi connectivity index (χ4v) is 3.18. The van der Waals surface area contributed by atoms with Gasteiger partial charge in [0.2, 0.25) is 5.28 Å². The summed E-state index contributed by atoms with van der Waals surface area (Å²) in [6.07, 6.45) is -0.341. The summed E-state index contributed by atoms with van der Waals surface area (Å²) in [6, 6.07) is 7.37. The standard InChI is InChI=1S/C16H15ClN4O4/c1-19-13-12(14(22)20(2)16(19)23)21(15(17)18-13)7-9-8-24-10-5-3-4-6-11(10)25-9/h3-6,9H,7-8H2,1-2H3/t9-/m0/s1. The number of hydrogen-bond donors (Lipinski definition) is 0. The van der Waals surface area contributed by atoms with Crippen LogP contribution in [0.15, 0.2) is 33.9 Å². The van der Waals surface area contributed by atoms with Crippen molar-refractivity contribution in [2.75, 3.05) is 6.61 Å². The zero-order valence-corrected chi connectivity index (χ0v) is 14.4. The summed E-state index contributed by atoms with van der Waals surface area (Å²) in [5, 5.41) is 0.121. The van der Waals surface area contributed by atoms with Crippen LogP contribution in [0.25, 0.3) is 11.2 Å². The predicted molar refractivity (Wildman–Crippen MR) is 91.6 cm³/mol. The van der Waals surface area contributed by atoms with Crippen molar-refractivity contribution < 1.29 is 9.47 Å². The minimum Gasteiger partial charge on any atom is -0.486 e. The van der Waals surface area contributed by atoms with Crippen LogP contribution in [-0.2, 0) is 20.6 Å². The lowest BCUT2D eigenvalue weighted by Gasteiger charge is -2.26. The second-order valence-corrected chi connectivity index (χ2v) is 6.21. The van der Waals surface area contributed by atoms with E-state index in [0.717, 1.165) is 4.57 Å². The second kappa shape index (κ2) is 5.66. The minimum absolute atomic E-state index is 0.121. The molecule has 0 unspecified atom stereocenters. The van der Waals surface area contributed by atoms with Gasteiger partial charge in [0.25, 0.3) is 5.56 Å². The number of hydrogen-bond acceptors (Lipinski definition) is 5. The molecule has 25 heavy (non-hydrogen) atoms. The van der Waals surface area contributed by atoms with Crippen LogP contribution in [-0.4, -0.2) is 31.4 Å². The van der Waals surface area contributed by atoms with Gasteiger partial charge in [-0.05, 0) is 23.7 Å². The maximum Gasteiger partial charge on any atom is 0.332 e.